The van der Waals surface area contributed by atoms with Gasteiger partial charge in [-0.05, 0) is 220 Å². The molecule has 94 heavy (non-hydrogen) atoms. The maximum Gasteiger partial charge on any atom is 0.0560 e. The average molecular weight is 1210 g/mol. The van der Waals surface area contributed by atoms with Crippen LogP contribution in [0.1, 0.15) is 36.0 Å². The highest BCUT2D eigenvalue weighted by molar-refractivity contribution is 5.86. The molecular weight excluding hydrogens is 1140 g/mol. The lowest BCUT2D eigenvalue weighted by Gasteiger charge is -2.33. The minimum atomic E-state index is 0.152. The van der Waals surface area contributed by atoms with Gasteiger partial charge in [0, 0.05) is 62.6 Å². The van der Waals surface area contributed by atoms with E-state index in [2.05, 4.69) is 402 Å². The van der Waals surface area contributed by atoms with Crippen LogP contribution in [0.25, 0.3) is 50.1 Å². The fourth-order valence-corrected chi connectivity index (χ4v) is 13.3. The molecule has 0 saturated heterocycles. The smallest absolute Gasteiger partial charge is 0.0560 e. The lowest BCUT2D eigenvalue weighted by atomic mass is 9.89. The van der Waals surface area contributed by atoms with Crippen LogP contribution in [0.2, 0.25) is 0 Å². The van der Waals surface area contributed by atoms with E-state index in [-0.39, 0.29) is 6.04 Å². The van der Waals surface area contributed by atoms with Crippen LogP contribution in [0, 0.1) is 0 Å². The van der Waals surface area contributed by atoms with Gasteiger partial charge in [0.2, 0.25) is 0 Å². The number of anilines is 11. The summed E-state index contributed by atoms with van der Waals surface area (Å²) in [6.07, 6.45) is 14.6. The Kier molecular flexibility index (Phi) is 16.9. The summed E-state index contributed by atoms with van der Waals surface area (Å²) >= 11 is 0. The summed E-state index contributed by atoms with van der Waals surface area (Å²) in [4.78, 5) is 9.48. The quantitative estimate of drug-likeness (QED) is 0.0849. The highest BCUT2D eigenvalue weighted by Crippen LogP contribution is 2.43. The third kappa shape index (κ3) is 12.7. The van der Waals surface area contributed by atoms with Gasteiger partial charge >= 0.3 is 0 Å². The van der Waals surface area contributed by atoms with Crippen LogP contribution in [0.3, 0.4) is 0 Å². The van der Waals surface area contributed by atoms with Crippen molar-refractivity contribution in [2.24, 2.45) is 0 Å². The van der Waals surface area contributed by atoms with Crippen molar-refractivity contribution in [3.8, 4) is 33.4 Å². The molecule has 2 aliphatic carbocycles. The highest BCUT2D eigenvalue weighted by Gasteiger charge is 2.23. The molecule has 450 valence electrons. The first-order valence-electron chi connectivity index (χ1n) is 32.6. The molecule has 0 bridgehead atoms. The van der Waals surface area contributed by atoms with Crippen molar-refractivity contribution in [2.75, 3.05) is 19.6 Å². The molecule has 0 fully saturated rings. The Morgan fingerprint density at radius 1 is 0.213 bits per heavy atom. The fraction of sp³-hybridized carbons (Fsp3) is 0.0444. The first-order chi connectivity index (χ1) is 46.6. The Morgan fingerprint density at radius 3 is 0.734 bits per heavy atom. The summed E-state index contributed by atoms with van der Waals surface area (Å²) in [7, 11) is 0. The van der Waals surface area contributed by atoms with E-state index in [1.165, 1.54) is 67.0 Å². The van der Waals surface area contributed by atoms with Crippen molar-refractivity contribution >= 4 is 79.3 Å². The summed E-state index contributed by atoms with van der Waals surface area (Å²) in [6, 6.07) is 127. The van der Waals surface area contributed by atoms with Gasteiger partial charge in [0.25, 0.3) is 0 Å². The molecule has 0 amide bonds. The first kappa shape index (κ1) is 58.4. The minimum absolute atomic E-state index is 0.152. The molecule has 4 heteroatoms. The number of hydrogen-bond acceptors (Lipinski definition) is 4. The third-order valence-electron chi connectivity index (χ3n) is 18.2. The fourth-order valence-electron chi connectivity index (χ4n) is 13.3. The van der Waals surface area contributed by atoms with E-state index in [4.69, 9.17) is 0 Å². The average Bonchev–Trinajstić information content (AvgIpc) is 0.989. The monoisotopic (exact) mass is 1210 g/mol. The number of nitrogens with zero attached hydrogens (tertiary/aromatic N) is 4. The summed E-state index contributed by atoms with van der Waals surface area (Å²) in [5.74, 6) is 0. The lowest BCUT2D eigenvalue weighted by Crippen LogP contribution is -2.30. The van der Waals surface area contributed by atoms with Crippen LogP contribution < -0.4 is 19.6 Å². The SMILES string of the molecule is C1=CC(N(c2ccccc2)c2ccc(C3=CC=C(c4ccc(N(c5ccccc5)c5ccc(-c6ccc(N(c7ccccc7)c7ccc(-c8ccccc8)cc7)cc6)cc5)cc4)CC3)cc2)CC=C1c1ccc(N(c2ccccc2)c2ccc(-c3ccccc3)cc2)cc1. The Balaban J connectivity index is 0.616. The number of rotatable bonds is 18. The second-order valence-electron chi connectivity index (χ2n) is 24.0. The summed E-state index contributed by atoms with van der Waals surface area (Å²) < 4.78 is 0. The van der Waals surface area contributed by atoms with E-state index in [1.54, 1.807) is 0 Å². The molecule has 0 N–H and O–H groups in total. The Morgan fingerprint density at radius 2 is 0.447 bits per heavy atom. The Bertz CT molecular complexity index is 4760. The third-order valence-corrected chi connectivity index (χ3v) is 18.2. The first-order valence-corrected chi connectivity index (χ1v) is 32.6. The van der Waals surface area contributed by atoms with Gasteiger partial charge in [-0.25, -0.2) is 0 Å². The van der Waals surface area contributed by atoms with Crippen LogP contribution in [0.4, 0.5) is 62.6 Å². The van der Waals surface area contributed by atoms with E-state index in [9.17, 15) is 0 Å². The molecule has 0 radical (unpaired) electrons. The molecule has 13 aromatic rings. The van der Waals surface area contributed by atoms with Gasteiger partial charge in [-0.15, -0.1) is 0 Å². The van der Waals surface area contributed by atoms with Crippen molar-refractivity contribution in [3.05, 3.63) is 399 Å². The molecule has 0 aliphatic heterocycles. The van der Waals surface area contributed by atoms with Gasteiger partial charge in [0.05, 0.1) is 6.04 Å². The van der Waals surface area contributed by atoms with Crippen LogP contribution in [-0.2, 0) is 0 Å². The van der Waals surface area contributed by atoms with Crippen molar-refractivity contribution < 1.29 is 0 Å². The van der Waals surface area contributed by atoms with Gasteiger partial charge in [-0.1, -0.05) is 249 Å². The number of hydrogen-bond donors (Lipinski definition) is 0. The van der Waals surface area contributed by atoms with Crippen molar-refractivity contribution in [2.45, 2.75) is 25.3 Å². The molecule has 0 aromatic heterocycles. The minimum Gasteiger partial charge on any atom is -0.334 e. The van der Waals surface area contributed by atoms with Gasteiger partial charge in [-0.3, -0.25) is 0 Å². The molecule has 1 atom stereocenters. The molecule has 1 unspecified atom stereocenters. The van der Waals surface area contributed by atoms with Crippen molar-refractivity contribution in [1.29, 1.82) is 0 Å². The summed E-state index contributed by atoms with van der Waals surface area (Å²) in [5.41, 5.74) is 27.2. The topological polar surface area (TPSA) is 13.0 Å². The van der Waals surface area contributed by atoms with E-state index in [1.807, 2.05) is 0 Å². The second kappa shape index (κ2) is 27.2. The van der Waals surface area contributed by atoms with Gasteiger partial charge < -0.3 is 19.6 Å². The second-order valence-corrected chi connectivity index (χ2v) is 24.0. The van der Waals surface area contributed by atoms with Crippen molar-refractivity contribution in [1.82, 2.24) is 0 Å². The van der Waals surface area contributed by atoms with Gasteiger partial charge in [0.1, 0.15) is 0 Å². The predicted molar refractivity (Wildman–Crippen MR) is 399 cm³/mol. The predicted octanol–water partition coefficient (Wildman–Crippen LogP) is 24.9. The van der Waals surface area contributed by atoms with Gasteiger partial charge in [0.15, 0.2) is 0 Å². The van der Waals surface area contributed by atoms with E-state index >= 15 is 0 Å². The van der Waals surface area contributed by atoms with Gasteiger partial charge in [-0.2, -0.15) is 0 Å². The largest absolute Gasteiger partial charge is 0.334 e. The van der Waals surface area contributed by atoms with Crippen LogP contribution in [0.5, 0.6) is 0 Å². The molecule has 0 heterocycles. The molecule has 0 saturated carbocycles. The number of benzene rings is 13. The Hall–Kier alpha value is -12.0. The number of para-hydroxylation sites is 4. The Labute approximate surface area is 553 Å². The van der Waals surface area contributed by atoms with Crippen molar-refractivity contribution in [3.63, 3.8) is 0 Å². The molecule has 13 aromatic carbocycles. The zero-order chi connectivity index (χ0) is 62.8. The van der Waals surface area contributed by atoms with Crippen LogP contribution >= 0.6 is 0 Å². The van der Waals surface area contributed by atoms with E-state index < -0.39 is 0 Å². The summed E-state index contributed by atoms with van der Waals surface area (Å²) in [5, 5.41) is 0. The molecule has 4 nitrogen and oxygen atoms in total. The zero-order valence-electron chi connectivity index (χ0n) is 52.4. The number of allylic oxidation sites excluding steroid dienone is 6. The molecule has 15 rings (SSSR count). The van der Waals surface area contributed by atoms with E-state index in [0.29, 0.717) is 0 Å². The molecule has 0 spiro atoms. The lowest BCUT2D eigenvalue weighted by molar-refractivity contribution is 0.787. The normalized spacial score (nSPS) is 13.4. The highest BCUT2D eigenvalue weighted by atomic mass is 15.2. The maximum absolute atomic E-state index is 2.48. The molecular formula is C90H70N4. The molecule has 2 aliphatic rings. The summed E-state index contributed by atoms with van der Waals surface area (Å²) in [6.45, 7) is 0. The van der Waals surface area contributed by atoms with Crippen LogP contribution in [-0.4, -0.2) is 6.04 Å². The standard InChI is InChI=1S/C90H70N4/c1-7-19-67(20-8-1)71-35-51-83(52-36-71)91(79-23-11-3-12-24-79)87-59-43-75(44-60-87)77-47-63-89(64-48-77)93(81-27-15-5-16-28-81)85-55-39-73(40-56-85)69-31-33-70(34-32-69)74-41-57-86(58-42-74)94(82-29-17-6-18-30-82)90-65-49-78(50-66-90)76-45-61-88(62-46-76)92(80-25-13-4-14-26-80)84-53-37-72(38-54-84)68-21-9-2-10-22-68/h1-31,33,35-65,90H,32,34,66H2. The zero-order valence-corrected chi connectivity index (χ0v) is 52.4. The maximum atomic E-state index is 2.48. The van der Waals surface area contributed by atoms with Crippen LogP contribution in [0.15, 0.2) is 382 Å². The van der Waals surface area contributed by atoms with E-state index in [0.717, 1.165) is 81.6 Å².